The summed E-state index contributed by atoms with van der Waals surface area (Å²) in [5.74, 6) is 0. The Morgan fingerprint density at radius 2 is 2.19 bits per heavy atom. The third-order valence-electron chi connectivity index (χ3n) is 4.99. The Kier molecular flexibility index (Phi) is 4.69. The van der Waals surface area contributed by atoms with E-state index in [-0.39, 0.29) is 11.7 Å². The van der Waals surface area contributed by atoms with E-state index in [4.69, 9.17) is 4.74 Å². The fourth-order valence-corrected chi connectivity index (χ4v) is 5.66. The van der Waals surface area contributed by atoms with Crippen LogP contribution in [-0.2, 0) is 10.3 Å². The minimum absolute atomic E-state index is 0.0784. The quantitative estimate of drug-likeness (QED) is 0.698. The average Bonchev–Trinajstić information content (AvgIpc) is 3.07. The topological polar surface area (TPSA) is 62.3 Å². The summed E-state index contributed by atoms with van der Waals surface area (Å²) in [5.41, 5.74) is 2.13. The van der Waals surface area contributed by atoms with Crippen molar-refractivity contribution in [3.05, 3.63) is 57.2 Å². The lowest BCUT2D eigenvalue weighted by molar-refractivity contribution is -0.101. The smallest absolute Gasteiger partial charge is 0.248 e. The van der Waals surface area contributed by atoms with Gasteiger partial charge in [-0.15, -0.1) is 11.3 Å². The monoisotopic (exact) mass is 387 g/mol. The number of nitrogens with one attached hydrogen (secondary N) is 1. The molecule has 3 heterocycles. The number of fused-ring (bicyclic) bond motifs is 1. The predicted octanol–water partition coefficient (Wildman–Crippen LogP) is 4.44. The summed E-state index contributed by atoms with van der Waals surface area (Å²) in [5, 5.41) is 14.1. The number of ether oxygens (including phenoxy) is 1. The maximum absolute atomic E-state index is 11.5. The second-order valence-electron chi connectivity index (χ2n) is 6.90. The van der Waals surface area contributed by atoms with Crippen LogP contribution in [0.2, 0.25) is 0 Å². The van der Waals surface area contributed by atoms with Crippen molar-refractivity contribution < 1.29 is 9.84 Å². The second-order valence-corrected chi connectivity index (χ2v) is 9.15. The Labute approximate surface area is 160 Å². The molecule has 2 aromatic heterocycles. The number of aromatic amines is 1. The molecule has 0 unspecified atom stereocenters. The van der Waals surface area contributed by atoms with Gasteiger partial charge in [0.05, 0.1) is 22.5 Å². The van der Waals surface area contributed by atoms with E-state index in [2.05, 4.69) is 23.4 Å². The number of H-pyrrole nitrogens is 1. The molecule has 26 heavy (non-hydrogen) atoms. The zero-order chi connectivity index (χ0) is 18.3. The van der Waals surface area contributed by atoms with E-state index >= 15 is 0 Å². The van der Waals surface area contributed by atoms with E-state index in [0.717, 1.165) is 31.1 Å². The van der Waals surface area contributed by atoms with Gasteiger partial charge < -0.3 is 14.8 Å². The first-order chi connectivity index (χ1) is 12.4. The van der Waals surface area contributed by atoms with Crippen molar-refractivity contribution in [1.29, 1.82) is 0 Å². The lowest BCUT2D eigenvalue weighted by atomic mass is 9.86. The van der Waals surface area contributed by atoms with Gasteiger partial charge in [0.1, 0.15) is 0 Å². The zero-order valence-corrected chi connectivity index (χ0v) is 16.4. The Morgan fingerprint density at radius 1 is 1.35 bits per heavy atom. The van der Waals surface area contributed by atoms with Crippen LogP contribution in [0, 0.1) is 6.92 Å². The van der Waals surface area contributed by atoms with Crippen LogP contribution in [0.5, 0.6) is 0 Å². The van der Waals surface area contributed by atoms with Gasteiger partial charge in [-0.2, -0.15) is 0 Å². The maximum atomic E-state index is 11.5. The number of aryl methyl sites for hydroxylation is 1. The zero-order valence-electron chi connectivity index (χ0n) is 14.7. The molecule has 0 radical (unpaired) electrons. The molecule has 1 aliphatic heterocycles. The van der Waals surface area contributed by atoms with Crippen molar-refractivity contribution in [2.75, 3.05) is 6.61 Å². The molecule has 4 nitrogen and oxygen atoms in total. The number of hydrogen-bond donors (Lipinski definition) is 2. The van der Waals surface area contributed by atoms with Crippen molar-refractivity contribution in [3.8, 4) is 0 Å². The van der Waals surface area contributed by atoms with Crippen LogP contribution in [0.1, 0.15) is 30.9 Å². The molecule has 0 saturated carbocycles. The molecule has 1 fully saturated rings. The van der Waals surface area contributed by atoms with Gasteiger partial charge >= 0.3 is 0 Å². The second kappa shape index (κ2) is 6.85. The van der Waals surface area contributed by atoms with Gasteiger partial charge in [0, 0.05) is 34.7 Å². The summed E-state index contributed by atoms with van der Waals surface area (Å²) in [6.07, 6.45) is 1.35. The summed E-state index contributed by atoms with van der Waals surface area (Å²) >= 11 is 3.36. The molecular weight excluding hydrogens is 366 g/mol. The van der Waals surface area contributed by atoms with Crippen LogP contribution in [0.4, 0.5) is 0 Å². The van der Waals surface area contributed by atoms with Crippen molar-refractivity contribution in [2.24, 2.45) is 0 Å². The number of aliphatic hydroxyl groups is 1. The molecular formula is C20H21NO3S2. The SMILES string of the molecule is Cc1c(Sc2cc([C@@]3(O)CCO[C@@H](C)C3)cs2)ccc2[nH]c(=O)ccc12. The highest BCUT2D eigenvalue weighted by molar-refractivity contribution is 8.01. The van der Waals surface area contributed by atoms with Gasteiger partial charge in [0.2, 0.25) is 5.56 Å². The Morgan fingerprint density at radius 3 is 3.00 bits per heavy atom. The molecule has 4 rings (SSSR count). The number of benzene rings is 1. The van der Waals surface area contributed by atoms with Crippen molar-refractivity contribution in [1.82, 2.24) is 4.98 Å². The first kappa shape index (κ1) is 17.8. The molecule has 2 N–H and O–H groups in total. The fourth-order valence-electron chi connectivity index (χ4n) is 3.53. The normalized spacial score (nSPS) is 23.4. The van der Waals surface area contributed by atoms with Crippen LogP contribution in [-0.4, -0.2) is 22.8 Å². The first-order valence-corrected chi connectivity index (χ1v) is 10.4. The predicted molar refractivity (Wildman–Crippen MR) is 106 cm³/mol. The van der Waals surface area contributed by atoms with Gasteiger partial charge in [-0.3, -0.25) is 4.79 Å². The van der Waals surface area contributed by atoms with E-state index in [1.807, 2.05) is 25.1 Å². The van der Waals surface area contributed by atoms with Crippen LogP contribution in [0.25, 0.3) is 10.9 Å². The summed E-state index contributed by atoms with van der Waals surface area (Å²) in [4.78, 5) is 15.5. The number of pyridine rings is 1. The van der Waals surface area contributed by atoms with Gasteiger partial charge in [-0.1, -0.05) is 11.8 Å². The molecule has 1 aromatic carbocycles. The highest BCUT2D eigenvalue weighted by atomic mass is 32.2. The minimum atomic E-state index is -0.787. The standard InChI is InChI=1S/C20H21NO3S2/c1-12-10-20(23,7-8-24-12)14-9-19(25-11-14)26-17-5-4-16-15(13(17)2)3-6-18(22)21-16/h3-6,9,11-12,23H,7-8,10H2,1-2H3,(H,21,22)/t12-,20+/m0/s1. The van der Waals surface area contributed by atoms with Crippen LogP contribution >= 0.6 is 23.1 Å². The third-order valence-corrected chi connectivity index (χ3v) is 7.23. The van der Waals surface area contributed by atoms with Gasteiger partial charge in [-0.05, 0) is 54.6 Å². The molecule has 3 aromatic rings. The Hall–Kier alpha value is -1.60. The lowest BCUT2D eigenvalue weighted by Crippen LogP contribution is -2.37. The van der Waals surface area contributed by atoms with Crippen LogP contribution in [0.3, 0.4) is 0 Å². The van der Waals surface area contributed by atoms with Crippen molar-refractivity contribution >= 4 is 34.0 Å². The molecule has 0 spiro atoms. The number of hydrogen-bond acceptors (Lipinski definition) is 5. The third kappa shape index (κ3) is 3.34. The molecule has 1 saturated heterocycles. The summed E-state index contributed by atoms with van der Waals surface area (Å²) in [7, 11) is 0. The van der Waals surface area contributed by atoms with Crippen LogP contribution < -0.4 is 5.56 Å². The average molecular weight is 388 g/mol. The van der Waals surface area contributed by atoms with E-state index in [0.29, 0.717) is 19.4 Å². The molecule has 0 amide bonds. The van der Waals surface area contributed by atoms with E-state index < -0.39 is 5.60 Å². The lowest BCUT2D eigenvalue weighted by Gasteiger charge is -2.35. The number of thiophene rings is 1. The summed E-state index contributed by atoms with van der Waals surface area (Å²) < 4.78 is 6.73. The van der Waals surface area contributed by atoms with Crippen LogP contribution in [0.15, 0.2) is 49.6 Å². The Bertz CT molecular complexity index is 1010. The minimum Gasteiger partial charge on any atom is -0.385 e. The van der Waals surface area contributed by atoms with E-state index in [9.17, 15) is 9.90 Å². The summed E-state index contributed by atoms with van der Waals surface area (Å²) in [6.45, 7) is 4.68. The highest BCUT2D eigenvalue weighted by Gasteiger charge is 2.35. The molecule has 136 valence electrons. The largest absolute Gasteiger partial charge is 0.385 e. The van der Waals surface area contributed by atoms with E-state index in [1.54, 1.807) is 29.2 Å². The van der Waals surface area contributed by atoms with Crippen molar-refractivity contribution in [3.63, 3.8) is 0 Å². The molecule has 1 aliphatic rings. The van der Waals surface area contributed by atoms with Crippen molar-refractivity contribution in [2.45, 2.75) is 47.5 Å². The molecule has 0 bridgehead atoms. The molecule has 2 atom stereocenters. The van der Waals surface area contributed by atoms with Gasteiger partial charge in [-0.25, -0.2) is 0 Å². The maximum Gasteiger partial charge on any atom is 0.248 e. The summed E-state index contributed by atoms with van der Waals surface area (Å²) in [6, 6.07) is 9.54. The van der Waals surface area contributed by atoms with E-state index in [1.165, 1.54) is 0 Å². The van der Waals surface area contributed by atoms with Gasteiger partial charge in [0.15, 0.2) is 0 Å². The fraction of sp³-hybridized carbons (Fsp3) is 0.350. The van der Waals surface area contributed by atoms with Gasteiger partial charge in [0.25, 0.3) is 0 Å². The number of aromatic nitrogens is 1. The Balaban J connectivity index is 1.61. The first-order valence-electron chi connectivity index (χ1n) is 8.68. The number of rotatable bonds is 3. The molecule has 0 aliphatic carbocycles. The highest BCUT2D eigenvalue weighted by Crippen LogP contribution is 2.42. The molecule has 6 heteroatoms.